The number of amides is 1. The molecule has 0 spiro atoms. The molecule has 3 N–H and O–H groups in total. The van der Waals surface area contributed by atoms with E-state index in [0.29, 0.717) is 17.0 Å². The first-order valence-corrected chi connectivity index (χ1v) is 7.56. The third-order valence-electron chi connectivity index (χ3n) is 4.03. The van der Waals surface area contributed by atoms with Gasteiger partial charge in [-0.05, 0) is 46.9 Å². The van der Waals surface area contributed by atoms with Crippen LogP contribution in [0.4, 0.5) is 0 Å². The van der Waals surface area contributed by atoms with Crippen molar-refractivity contribution in [2.24, 2.45) is 11.7 Å². The van der Waals surface area contributed by atoms with Crippen LogP contribution >= 0.6 is 15.9 Å². The van der Waals surface area contributed by atoms with Gasteiger partial charge in [-0.1, -0.05) is 13.0 Å². The van der Waals surface area contributed by atoms with E-state index in [-0.39, 0.29) is 6.04 Å². The van der Waals surface area contributed by atoms with Gasteiger partial charge >= 0.3 is 0 Å². The highest BCUT2D eigenvalue weighted by Crippen LogP contribution is 2.32. The van der Waals surface area contributed by atoms with E-state index in [1.54, 1.807) is 6.07 Å². The Kier molecular flexibility index (Phi) is 3.52. The minimum atomic E-state index is -0.442. The molecule has 2 atom stereocenters. The molecular weight excluding hydrogens is 320 g/mol. The fourth-order valence-electron chi connectivity index (χ4n) is 2.81. The molecule has 2 heterocycles. The lowest BCUT2D eigenvalue weighted by Crippen LogP contribution is -2.37. The third kappa shape index (κ3) is 2.13. The Labute approximate surface area is 125 Å². The number of aromatic nitrogens is 2. The van der Waals surface area contributed by atoms with E-state index in [0.717, 1.165) is 29.5 Å². The van der Waals surface area contributed by atoms with Crippen LogP contribution < -0.4 is 11.1 Å². The lowest BCUT2D eigenvalue weighted by Gasteiger charge is -2.30. The predicted molar refractivity (Wildman–Crippen MR) is 81.6 cm³/mol. The molecule has 1 amide bonds. The topological polar surface area (TPSA) is 72.9 Å². The number of hydrogen-bond donors (Lipinski definition) is 2. The maximum absolute atomic E-state index is 11.5. The molecular formula is C14H17BrN4O. The van der Waals surface area contributed by atoms with Crippen molar-refractivity contribution in [3.8, 4) is 0 Å². The summed E-state index contributed by atoms with van der Waals surface area (Å²) in [6, 6.07) is 5.79. The van der Waals surface area contributed by atoms with Crippen molar-refractivity contribution in [2.75, 3.05) is 13.1 Å². The van der Waals surface area contributed by atoms with Gasteiger partial charge in [0.1, 0.15) is 10.1 Å². The van der Waals surface area contributed by atoms with Gasteiger partial charge in [-0.25, -0.2) is 0 Å². The van der Waals surface area contributed by atoms with Crippen LogP contribution in [0.2, 0.25) is 0 Å². The molecule has 2 aromatic rings. The molecule has 20 heavy (non-hydrogen) atoms. The zero-order valence-electron chi connectivity index (χ0n) is 11.3. The van der Waals surface area contributed by atoms with Crippen molar-refractivity contribution < 1.29 is 4.79 Å². The summed E-state index contributed by atoms with van der Waals surface area (Å²) < 4.78 is 2.89. The van der Waals surface area contributed by atoms with Crippen LogP contribution in [0.1, 0.15) is 29.7 Å². The Bertz CT molecular complexity index is 666. The summed E-state index contributed by atoms with van der Waals surface area (Å²) in [7, 11) is 0. The van der Waals surface area contributed by atoms with Gasteiger partial charge in [0.25, 0.3) is 5.91 Å². The Balaban J connectivity index is 2.15. The maximum atomic E-state index is 11.5. The van der Waals surface area contributed by atoms with Gasteiger partial charge in [-0.2, -0.15) is 5.10 Å². The normalized spacial score (nSPS) is 23.1. The predicted octanol–water partition coefficient (Wildman–Crippen LogP) is 2.07. The number of piperidine rings is 1. The number of hydrogen-bond acceptors (Lipinski definition) is 3. The quantitative estimate of drug-likeness (QED) is 0.881. The molecule has 5 nitrogen and oxygen atoms in total. The summed E-state index contributed by atoms with van der Waals surface area (Å²) in [5.74, 6) is 0.0986. The molecule has 6 heteroatoms. The molecule has 1 fully saturated rings. The Morgan fingerprint density at radius 1 is 1.55 bits per heavy atom. The van der Waals surface area contributed by atoms with Crippen LogP contribution in [0, 0.1) is 5.92 Å². The molecule has 1 aromatic carbocycles. The average Bonchev–Trinajstić information content (AvgIpc) is 2.76. The minimum absolute atomic E-state index is 0.284. The van der Waals surface area contributed by atoms with E-state index in [1.807, 2.05) is 16.8 Å². The fraction of sp³-hybridized carbons (Fsp3) is 0.429. The summed E-state index contributed by atoms with van der Waals surface area (Å²) in [6.07, 6.45) is 1.12. The van der Waals surface area contributed by atoms with E-state index in [1.165, 1.54) is 0 Å². The van der Waals surface area contributed by atoms with E-state index < -0.39 is 5.91 Å². The highest BCUT2D eigenvalue weighted by Gasteiger charge is 2.26. The number of nitrogens with one attached hydrogen (secondary N) is 1. The van der Waals surface area contributed by atoms with Gasteiger partial charge in [0, 0.05) is 11.9 Å². The van der Waals surface area contributed by atoms with Crippen LogP contribution in [0.25, 0.3) is 10.9 Å². The Morgan fingerprint density at radius 3 is 3.05 bits per heavy atom. The standard InChI is InChI=1S/C14H17BrN4O/c1-8-5-6-17-7-11(8)19-13(15)9-3-2-4-10(14(16)20)12(9)18-19/h2-4,8,11,17H,5-7H2,1H3,(H2,16,20). The third-order valence-corrected chi connectivity index (χ3v) is 4.82. The second-order valence-electron chi connectivity index (χ2n) is 5.34. The van der Waals surface area contributed by atoms with E-state index in [9.17, 15) is 4.79 Å². The van der Waals surface area contributed by atoms with Crippen LogP contribution in [0.3, 0.4) is 0 Å². The average molecular weight is 337 g/mol. The van der Waals surface area contributed by atoms with Crippen molar-refractivity contribution in [3.05, 3.63) is 28.4 Å². The largest absolute Gasteiger partial charge is 0.366 e. The summed E-state index contributed by atoms with van der Waals surface area (Å²) in [5, 5.41) is 8.97. The van der Waals surface area contributed by atoms with Crippen molar-refractivity contribution in [2.45, 2.75) is 19.4 Å². The summed E-state index contributed by atoms with van der Waals surface area (Å²) in [4.78, 5) is 11.5. The molecule has 1 aliphatic rings. The van der Waals surface area contributed by atoms with E-state index in [2.05, 4.69) is 33.3 Å². The smallest absolute Gasteiger partial charge is 0.250 e. The first kappa shape index (κ1) is 13.6. The van der Waals surface area contributed by atoms with Crippen molar-refractivity contribution >= 4 is 32.7 Å². The van der Waals surface area contributed by atoms with Gasteiger partial charge in [-0.15, -0.1) is 0 Å². The fourth-order valence-corrected chi connectivity index (χ4v) is 3.47. The highest BCUT2D eigenvalue weighted by atomic mass is 79.9. The number of nitrogens with two attached hydrogens (primary N) is 1. The van der Waals surface area contributed by atoms with Crippen LogP contribution in [-0.2, 0) is 0 Å². The molecule has 1 aromatic heterocycles. The maximum Gasteiger partial charge on any atom is 0.250 e. The molecule has 0 bridgehead atoms. The van der Waals surface area contributed by atoms with Crippen LogP contribution in [0.15, 0.2) is 22.8 Å². The molecule has 3 rings (SSSR count). The van der Waals surface area contributed by atoms with Crippen molar-refractivity contribution in [1.82, 2.24) is 15.1 Å². The van der Waals surface area contributed by atoms with E-state index in [4.69, 9.17) is 5.73 Å². The molecule has 106 valence electrons. The highest BCUT2D eigenvalue weighted by molar-refractivity contribution is 9.10. The Hall–Kier alpha value is -1.40. The lowest BCUT2D eigenvalue weighted by molar-refractivity contribution is 0.100. The molecule has 1 saturated heterocycles. The summed E-state index contributed by atoms with van der Waals surface area (Å²) in [5.41, 5.74) is 6.57. The van der Waals surface area contributed by atoms with Gasteiger partial charge in [0.2, 0.25) is 0 Å². The monoisotopic (exact) mass is 336 g/mol. The first-order valence-electron chi connectivity index (χ1n) is 6.77. The van der Waals surface area contributed by atoms with Gasteiger partial charge in [0.05, 0.1) is 11.6 Å². The van der Waals surface area contributed by atoms with Crippen LogP contribution in [-0.4, -0.2) is 28.8 Å². The van der Waals surface area contributed by atoms with Crippen molar-refractivity contribution in [3.63, 3.8) is 0 Å². The second-order valence-corrected chi connectivity index (χ2v) is 6.09. The van der Waals surface area contributed by atoms with Gasteiger partial charge < -0.3 is 11.1 Å². The number of nitrogens with zero attached hydrogens (tertiary/aromatic N) is 2. The second kappa shape index (κ2) is 5.18. The molecule has 0 radical (unpaired) electrons. The number of halogens is 1. The molecule has 0 saturated carbocycles. The molecule has 0 aliphatic carbocycles. The van der Waals surface area contributed by atoms with E-state index >= 15 is 0 Å². The SMILES string of the molecule is CC1CCNCC1n1nc2c(C(N)=O)cccc2c1Br. The Morgan fingerprint density at radius 2 is 2.35 bits per heavy atom. The summed E-state index contributed by atoms with van der Waals surface area (Å²) in [6.45, 7) is 4.17. The summed E-state index contributed by atoms with van der Waals surface area (Å²) >= 11 is 3.62. The number of rotatable bonds is 2. The van der Waals surface area contributed by atoms with Crippen molar-refractivity contribution in [1.29, 1.82) is 0 Å². The zero-order valence-corrected chi connectivity index (χ0v) is 12.9. The first-order chi connectivity index (χ1) is 9.59. The number of primary amides is 1. The molecule has 1 aliphatic heterocycles. The number of fused-ring (bicyclic) bond motifs is 1. The minimum Gasteiger partial charge on any atom is -0.366 e. The van der Waals surface area contributed by atoms with Gasteiger partial charge in [-0.3, -0.25) is 9.48 Å². The van der Waals surface area contributed by atoms with Gasteiger partial charge in [0.15, 0.2) is 0 Å². The number of benzene rings is 1. The number of carbonyl (C=O) groups excluding carboxylic acids is 1. The lowest BCUT2D eigenvalue weighted by atomic mass is 9.95. The zero-order chi connectivity index (χ0) is 14.3. The molecule has 2 unspecified atom stereocenters. The number of carbonyl (C=O) groups is 1. The van der Waals surface area contributed by atoms with Crippen LogP contribution in [0.5, 0.6) is 0 Å².